The molecule has 2 rings (SSSR count). The van der Waals surface area contributed by atoms with E-state index in [1.807, 2.05) is 30.4 Å². The average Bonchev–Trinajstić information content (AvgIpc) is 3.17. The molecule has 5 unspecified atom stereocenters. The number of hydrogen-bond acceptors (Lipinski definition) is 15. The molecule has 0 saturated carbocycles. The van der Waals surface area contributed by atoms with Crippen molar-refractivity contribution < 1.29 is 74.9 Å². The van der Waals surface area contributed by atoms with Crippen molar-refractivity contribution in [1.29, 1.82) is 0 Å². The SMILES string of the molecule is CC1OC(O[C@H]2/C=C/C=C/C=C/C=C/C=C/C=C/C=C/C[C@@H](O)CCOC(=O)C[C@H](O)CCCC[C@@H](O)[C@H](O)C[C@H](O)CC(O)(O)CC[C@@H](C(=O)O)CC2)C(O)C(N)C1O. The Labute approximate surface area is 353 Å². The molecule has 0 aromatic carbocycles. The third kappa shape index (κ3) is 22.5. The summed E-state index contributed by atoms with van der Waals surface area (Å²) in [5, 5.41) is 104. The van der Waals surface area contributed by atoms with Crippen LogP contribution in [0.4, 0.5) is 0 Å². The van der Waals surface area contributed by atoms with Crippen LogP contribution in [-0.4, -0.2) is 143 Å². The van der Waals surface area contributed by atoms with E-state index in [9.17, 15) is 60.7 Å². The number of aliphatic carboxylic acids is 1. The largest absolute Gasteiger partial charge is 0.481 e. The third-order valence-corrected chi connectivity index (χ3v) is 10.3. The molecule has 2 aliphatic rings. The molecule has 1 saturated heterocycles. The normalized spacial score (nSPS) is 38.7. The Morgan fingerprint density at radius 3 is 1.97 bits per heavy atom. The number of rotatable bonds is 3. The van der Waals surface area contributed by atoms with Crippen molar-refractivity contribution >= 4 is 11.9 Å². The molecule has 12 N–H and O–H groups in total. The van der Waals surface area contributed by atoms with Gasteiger partial charge in [0.2, 0.25) is 0 Å². The Hall–Kier alpha value is -3.36. The van der Waals surface area contributed by atoms with Crippen LogP contribution < -0.4 is 5.73 Å². The van der Waals surface area contributed by atoms with E-state index >= 15 is 0 Å². The smallest absolute Gasteiger partial charge is 0.308 e. The predicted octanol–water partition coefficient (Wildman–Crippen LogP) is 1.87. The van der Waals surface area contributed by atoms with E-state index in [4.69, 9.17) is 19.9 Å². The van der Waals surface area contributed by atoms with Gasteiger partial charge >= 0.3 is 11.9 Å². The highest BCUT2D eigenvalue weighted by molar-refractivity contribution is 5.70. The van der Waals surface area contributed by atoms with E-state index in [2.05, 4.69) is 0 Å². The number of ether oxygens (including phenoxy) is 3. The number of carbonyl (C=O) groups excluding carboxylic acids is 1. The number of aliphatic hydroxyl groups excluding tert-OH is 7. The lowest BCUT2D eigenvalue weighted by atomic mass is 9.90. The van der Waals surface area contributed by atoms with Gasteiger partial charge in [-0.25, -0.2) is 0 Å². The Morgan fingerprint density at radius 1 is 0.733 bits per heavy atom. The number of aliphatic hydroxyl groups is 9. The highest BCUT2D eigenvalue weighted by Crippen LogP contribution is 2.27. The lowest BCUT2D eigenvalue weighted by Gasteiger charge is -2.40. The van der Waals surface area contributed by atoms with Gasteiger partial charge in [-0.05, 0) is 45.4 Å². The molecule has 1 fully saturated rings. The highest BCUT2D eigenvalue weighted by atomic mass is 16.7. The number of nitrogens with two attached hydrogens (primary N) is 1. The summed E-state index contributed by atoms with van der Waals surface area (Å²) in [4.78, 5) is 24.4. The van der Waals surface area contributed by atoms with Crippen LogP contribution in [0.5, 0.6) is 0 Å². The number of esters is 1. The maximum absolute atomic E-state index is 12.2. The maximum atomic E-state index is 12.2. The van der Waals surface area contributed by atoms with Crippen molar-refractivity contribution in [2.24, 2.45) is 11.7 Å². The lowest BCUT2D eigenvalue weighted by Crippen LogP contribution is -2.61. The second-order valence-corrected chi connectivity index (χ2v) is 15.6. The topological polar surface area (TPSA) is 290 Å². The van der Waals surface area contributed by atoms with Crippen molar-refractivity contribution in [3.05, 3.63) is 85.1 Å². The Balaban J connectivity index is 2.16. The highest BCUT2D eigenvalue weighted by Gasteiger charge is 2.42. The molecule has 0 bridgehead atoms. The van der Waals surface area contributed by atoms with Gasteiger partial charge in [-0.3, -0.25) is 9.59 Å². The number of carboxylic acids is 1. The van der Waals surface area contributed by atoms with Gasteiger partial charge in [0.05, 0.1) is 73.8 Å². The van der Waals surface area contributed by atoms with E-state index in [1.165, 1.54) is 0 Å². The van der Waals surface area contributed by atoms with Gasteiger partial charge in [0.25, 0.3) is 0 Å². The molecule has 340 valence electrons. The molecule has 0 aromatic rings. The van der Waals surface area contributed by atoms with Crippen molar-refractivity contribution in [3.63, 3.8) is 0 Å². The summed E-state index contributed by atoms with van der Waals surface area (Å²) in [7, 11) is 0. The fourth-order valence-corrected chi connectivity index (χ4v) is 6.57. The first-order valence-corrected chi connectivity index (χ1v) is 20.8. The molecular formula is C44H69NO15. The zero-order valence-electron chi connectivity index (χ0n) is 34.5. The first-order valence-electron chi connectivity index (χ1n) is 20.8. The van der Waals surface area contributed by atoms with Gasteiger partial charge < -0.3 is 71.0 Å². The minimum Gasteiger partial charge on any atom is -0.481 e. The summed E-state index contributed by atoms with van der Waals surface area (Å²) < 4.78 is 16.8. The number of cyclic esters (lactones) is 1. The predicted molar refractivity (Wildman–Crippen MR) is 222 cm³/mol. The Bertz CT molecular complexity index is 1440. The van der Waals surface area contributed by atoms with Crippen LogP contribution in [-0.2, 0) is 23.8 Å². The number of allylic oxidation sites excluding steroid dienone is 12. The van der Waals surface area contributed by atoms with Crippen LogP contribution in [0.1, 0.15) is 90.4 Å². The van der Waals surface area contributed by atoms with Gasteiger partial charge in [0, 0.05) is 25.7 Å². The molecule has 0 radical (unpaired) electrons. The first-order chi connectivity index (χ1) is 28.5. The molecule has 12 atom stereocenters. The fourth-order valence-electron chi connectivity index (χ4n) is 6.57. The molecule has 2 heterocycles. The Morgan fingerprint density at radius 2 is 1.33 bits per heavy atom. The lowest BCUT2D eigenvalue weighted by molar-refractivity contribution is -0.276. The minimum atomic E-state index is -2.50. The summed E-state index contributed by atoms with van der Waals surface area (Å²) >= 11 is 0. The molecule has 0 spiro atoms. The molecule has 0 aliphatic carbocycles. The third-order valence-electron chi connectivity index (χ3n) is 10.3. The van der Waals surface area contributed by atoms with E-state index in [0.29, 0.717) is 19.3 Å². The molecule has 0 amide bonds. The molecule has 16 heteroatoms. The number of carbonyl (C=O) groups is 2. The maximum Gasteiger partial charge on any atom is 0.308 e. The van der Waals surface area contributed by atoms with E-state index < -0.39 is 104 Å². The van der Waals surface area contributed by atoms with Crippen LogP contribution >= 0.6 is 0 Å². The summed E-state index contributed by atoms with van der Waals surface area (Å²) in [5.41, 5.74) is 5.98. The second kappa shape index (κ2) is 29.0. The standard InChI is InChI=1S/C44H69NO15/c1-30-40(52)39(45)41(53)43(59-30)60-35-19-14-12-10-8-6-4-2-3-5-7-9-11-13-17-32(46)24-26-58-38(51)28-33(47)18-15-16-20-36(49)37(50)27-34(48)29-44(56,57)25-23-31(21-22-35)42(54)55/h2-14,19,30-37,39-41,43,46-50,52-53,56-57H,15-18,20-29,45H2,1H3,(H,54,55)/b4-2+,5-3+,8-6+,9-7+,12-10+,13-11+,19-14+/t30?,31-,32+,33+,34-,35-,36+,37+,39?,40?,41?,43?/m0/s1. The summed E-state index contributed by atoms with van der Waals surface area (Å²) in [5.74, 6) is -5.37. The van der Waals surface area contributed by atoms with Crippen LogP contribution in [0.2, 0.25) is 0 Å². The fraction of sp³-hybridized carbons (Fsp3) is 0.636. The van der Waals surface area contributed by atoms with Crippen LogP contribution in [0.3, 0.4) is 0 Å². The van der Waals surface area contributed by atoms with E-state index in [-0.39, 0.29) is 58.0 Å². The first kappa shape index (κ1) is 52.8. The summed E-state index contributed by atoms with van der Waals surface area (Å²) in [6.45, 7) is 1.58. The molecular weight excluding hydrogens is 782 g/mol. The van der Waals surface area contributed by atoms with Crippen molar-refractivity contribution in [2.45, 2.75) is 163 Å². The van der Waals surface area contributed by atoms with Gasteiger partial charge in [0.1, 0.15) is 6.10 Å². The molecule has 2 aliphatic heterocycles. The average molecular weight is 852 g/mol. The minimum absolute atomic E-state index is 0.00128. The quantitative estimate of drug-likeness (QED) is 0.143. The Kier molecular flexibility index (Phi) is 25.5. The van der Waals surface area contributed by atoms with Crippen LogP contribution in [0, 0.1) is 5.92 Å². The van der Waals surface area contributed by atoms with E-state index in [0.717, 1.165) is 0 Å². The van der Waals surface area contributed by atoms with Crippen LogP contribution in [0.15, 0.2) is 85.1 Å². The van der Waals surface area contributed by atoms with Crippen molar-refractivity contribution in [1.82, 2.24) is 0 Å². The van der Waals surface area contributed by atoms with Crippen molar-refractivity contribution in [3.8, 4) is 0 Å². The molecule has 0 aromatic heterocycles. The number of hydrogen-bond donors (Lipinski definition) is 11. The zero-order chi connectivity index (χ0) is 44.5. The summed E-state index contributed by atoms with van der Waals surface area (Å²) in [6.07, 6.45) is 13.8. The van der Waals surface area contributed by atoms with Crippen molar-refractivity contribution in [2.75, 3.05) is 6.61 Å². The molecule has 60 heavy (non-hydrogen) atoms. The van der Waals surface area contributed by atoms with Crippen LogP contribution in [0.25, 0.3) is 0 Å². The zero-order valence-corrected chi connectivity index (χ0v) is 34.5. The van der Waals surface area contributed by atoms with Gasteiger partial charge in [0.15, 0.2) is 12.1 Å². The monoisotopic (exact) mass is 851 g/mol. The molecule has 16 nitrogen and oxygen atoms in total. The van der Waals surface area contributed by atoms with Gasteiger partial charge in [-0.1, -0.05) is 97.9 Å². The number of carboxylic acid groups (broad SMARTS) is 1. The van der Waals surface area contributed by atoms with Gasteiger partial charge in [-0.2, -0.15) is 0 Å². The summed E-state index contributed by atoms with van der Waals surface area (Å²) in [6, 6.07) is -1.05. The van der Waals surface area contributed by atoms with E-state index in [1.54, 1.807) is 61.6 Å². The second-order valence-electron chi connectivity index (χ2n) is 15.6. The van der Waals surface area contributed by atoms with Gasteiger partial charge in [-0.15, -0.1) is 0 Å².